The van der Waals surface area contributed by atoms with Gasteiger partial charge in [-0.05, 0) is 29.8 Å². The van der Waals surface area contributed by atoms with Gasteiger partial charge in [-0.2, -0.15) is 5.26 Å². The third-order valence-electron chi connectivity index (χ3n) is 3.54. The van der Waals surface area contributed by atoms with Crippen molar-refractivity contribution in [2.24, 2.45) is 0 Å². The highest BCUT2D eigenvalue weighted by Crippen LogP contribution is 2.21. The first-order chi connectivity index (χ1) is 11.4. The molecule has 0 aliphatic carbocycles. The number of nitrogens with zero attached hydrogens (tertiary/aromatic N) is 1. The molecule has 7 heteroatoms. The van der Waals surface area contributed by atoms with Crippen LogP contribution in [0.4, 0.5) is 0 Å². The number of hydrogen-bond donors (Lipinski definition) is 2. The molecule has 2 rings (SSSR count). The maximum Gasteiger partial charge on any atom is 0.240 e. The average Bonchev–Trinajstić information content (AvgIpc) is 2.61. The summed E-state index contributed by atoms with van der Waals surface area (Å²) in [6.07, 6.45) is 0. The highest BCUT2D eigenvalue weighted by Gasteiger charge is 2.31. The van der Waals surface area contributed by atoms with E-state index >= 15 is 0 Å². The maximum atomic E-state index is 12.4. The minimum Gasteiger partial charge on any atom is -0.381 e. The van der Waals surface area contributed by atoms with E-state index in [-0.39, 0.29) is 18.0 Å². The van der Waals surface area contributed by atoms with Gasteiger partial charge in [0.2, 0.25) is 10.0 Å². The minimum absolute atomic E-state index is 0.0225. The predicted molar refractivity (Wildman–Crippen MR) is 88.6 cm³/mol. The molecule has 0 saturated heterocycles. The fourth-order valence-corrected chi connectivity index (χ4v) is 3.32. The van der Waals surface area contributed by atoms with Gasteiger partial charge < -0.3 is 9.84 Å². The van der Waals surface area contributed by atoms with Gasteiger partial charge in [-0.3, -0.25) is 0 Å². The second-order valence-corrected chi connectivity index (χ2v) is 7.06. The van der Waals surface area contributed by atoms with Crippen molar-refractivity contribution in [1.29, 1.82) is 5.26 Å². The highest BCUT2D eigenvalue weighted by atomic mass is 32.2. The van der Waals surface area contributed by atoms with Crippen LogP contribution >= 0.6 is 0 Å². The molecule has 0 amide bonds. The van der Waals surface area contributed by atoms with Crippen molar-refractivity contribution in [3.05, 3.63) is 65.7 Å². The Bertz CT molecular complexity index is 814. The van der Waals surface area contributed by atoms with Gasteiger partial charge in [0.1, 0.15) is 5.60 Å². The van der Waals surface area contributed by atoms with Crippen LogP contribution in [0.5, 0.6) is 0 Å². The number of nitrogens with one attached hydrogen (secondary N) is 1. The van der Waals surface area contributed by atoms with Crippen molar-refractivity contribution in [3.63, 3.8) is 0 Å². The van der Waals surface area contributed by atoms with E-state index in [1.807, 2.05) is 6.07 Å². The number of methoxy groups -OCH3 is 1. The molecule has 0 unspecified atom stereocenters. The van der Waals surface area contributed by atoms with Crippen LogP contribution in [0.1, 0.15) is 11.1 Å². The fourth-order valence-electron chi connectivity index (χ4n) is 2.23. The topological polar surface area (TPSA) is 99.4 Å². The quantitative estimate of drug-likeness (QED) is 0.789. The van der Waals surface area contributed by atoms with Crippen molar-refractivity contribution in [2.45, 2.75) is 10.5 Å². The van der Waals surface area contributed by atoms with Crippen molar-refractivity contribution < 1.29 is 18.3 Å². The lowest BCUT2D eigenvalue weighted by Gasteiger charge is -2.28. The van der Waals surface area contributed by atoms with Crippen LogP contribution in [0.2, 0.25) is 0 Å². The second kappa shape index (κ2) is 7.55. The molecule has 0 aliphatic heterocycles. The summed E-state index contributed by atoms with van der Waals surface area (Å²) in [5.74, 6) is 0. The van der Waals surface area contributed by atoms with Crippen LogP contribution in [0.3, 0.4) is 0 Å². The normalized spacial score (nSPS) is 13.9. The molecule has 2 N–H and O–H groups in total. The van der Waals surface area contributed by atoms with Gasteiger partial charge in [0, 0.05) is 13.7 Å². The third-order valence-corrected chi connectivity index (χ3v) is 4.96. The van der Waals surface area contributed by atoms with E-state index in [9.17, 15) is 13.5 Å². The van der Waals surface area contributed by atoms with Gasteiger partial charge in [0.15, 0.2) is 0 Å². The zero-order valence-corrected chi connectivity index (χ0v) is 14.0. The van der Waals surface area contributed by atoms with E-state index < -0.39 is 15.6 Å². The van der Waals surface area contributed by atoms with Crippen molar-refractivity contribution in [1.82, 2.24) is 4.72 Å². The van der Waals surface area contributed by atoms with E-state index in [4.69, 9.17) is 10.00 Å². The molecule has 1 atom stereocenters. The van der Waals surface area contributed by atoms with Crippen LogP contribution < -0.4 is 4.72 Å². The maximum absolute atomic E-state index is 12.4. The lowest BCUT2D eigenvalue weighted by molar-refractivity contribution is -0.0310. The van der Waals surface area contributed by atoms with Gasteiger partial charge in [-0.1, -0.05) is 30.3 Å². The summed E-state index contributed by atoms with van der Waals surface area (Å²) < 4.78 is 32.2. The van der Waals surface area contributed by atoms with E-state index in [0.29, 0.717) is 11.1 Å². The molecule has 0 heterocycles. The summed E-state index contributed by atoms with van der Waals surface area (Å²) >= 11 is 0. The molecule has 0 aromatic heterocycles. The Labute approximate surface area is 141 Å². The molecule has 2 aromatic rings. The number of aliphatic hydroxyl groups is 1. The first-order valence-electron chi connectivity index (χ1n) is 7.18. The zero-order valence-electron chi connectivity index (χ0n) is 13.1. The Balaban J connectivity index is 2.20. The number of nitriles is 1. The van der Waals surface area contributed by atoms with E-state index in [1.165, 1.54) is 31.4 Å². The summed E-state index contributed by atoms with van der Waals surface area (Å²) in [6.45, 7) is -0.305. The summed E-state index contributed by atoms with van der Waals surface area (Å²) in [5.41, 5.74) is -0.570. The lowest BCUT2D eigenvalue weighted by Crippen LogP contribution is -2.43. The summed E-state index contributed by atoms with van der Waals surface area (Å²) in [7, 11) is -2.39. The Morgan fingerprint density at radius 1 is 1.17 bits per heavy atom. The SMILES string of the molecule is COC[C@](O)(CNS(=O)(=O)c1ccc(C#N)cc1)c1ccccc1. The first kappa shape index (κ1) is 18.1. The van der Waals surface area contributed by atoms with Gasteiger partial charge in [0.05, 0.1) is 23.1 Å². The van der Waals surface area contributed by atoms with Crippen molar-refractivity contribution in [3.8, 4) is 6.07 Å². The highest BCUT2D eigenvalue weighted by molar-refractivity contribution is 7.89. The number of sulfonamides is 1. The number of hydrogen-bond acceptors (Lipinski definition) is 5. The number of ether oxygens (including phenoxy) is 1. The molecule has 0 aliphatic rings. The molecule has 126 valence electrons. The van der Waals surface area contributed by atoms with Gasteiger partial charge >= 0.3 is 0 Å². The summed E-state index contributed by atoms with van der Waals surface area (Å²) in [5, 5.41) is 19.5. The smallest absolute Gasteiger partial charge is 0.240 e. The molecule has 24 heavy (non-hydrogen) atoms. The standard InChI is InChI=1S/C17H18N2O4S/c1-23-13-17(20,15-5-3-2-4-6-15)12-19-24(21,22)16-9-7-14(11-18)8-10-16/h2-10,19-20H,12-13H2,1H3/t17-/m1/s1. The molecule has 0 spiro atoms. The number of rotatable bonds is 7. The van der Waals surface area contributed by atoms with Crippen LogP contribution in [0.25, 0.3) is 0 Å². The molecule has 0 radical (unpaired) electrons. The predicted octanol–water partition coefficient (Wildman–Crippen LogP) is 1.37. The molecule has 2 aromatic carbocycles. The van der Waals surface area contributed by atoms with Crippen LogP contribution in [-0.4, -0.2) is 33.8 Å². The minimum atomic E-state index is -3.82. The van der Waals surface area contributed by atoms with E-state index in [0.717, 1.165) is 0 Å². The largest absolute Gasteiger partial charge is 0.381 e. The fraction of sp³-hybridized carbons (Fsp3) is 0.235. The molecule has 0 fully saturated rings. The van der Waals surface area contributed by atoms with Gasteiger partial charge in [-0.25, -0.2) is 13.1 Å². The Morgan fingerprint density at radius 3 is 2.33 bits per heavy atom. The van der Waals surface area contributed by atoms with Gasteiger partial charge in [-0.15, -0.1) is 0 Å². The monoisotopic (exact) mass is 346 g/mol. The Morgan fingerprint density at radius 2 is 1.79 bits per heavy atom. The second-order valence-electron chi connectivity index (χ2n) is 5.29. The van der Waals surface area contributed by atoms with Crippen molar-refractivity contribution >= 4 is 10.0 Å². The molecule has 0 bridgehead atoms. The lowest BCUT2D eigenvalue weighted by atomic mass is 9.95. The molecule has 6 nitrogen and oxygen atoms in total. The zero-order chi connectivity index (χ0) is 17.6. The molecule has 0 saturated carbocycles. The van der Waals surface area contributed by atoms with Crippen LogP contribution in [-0.2, 0) is 20.4 Å². The number of benzene rings is 2. The first-order valence-corrected chi connectivity index (χ1v) is 8.66. The summed E-state index contributed by atoms with van der Waals surface area (Å²) in [4.78, 5) is 0.0225. The van der Waals surface area contributed by atoms with Crippen molar-refractivity contribution in [2.75, 3.05) is 20.3 Å². The Hall–Kier alpha value is -2.24. The molecular formula is C17H18N2O4S. The van der Waals surface area contributed by atoms with E-state index in [2.05, 4.69) is 4.72 Å². The third kappa shape index (κ3) is 4.19. The van der Waals surface area contributed by atoms with Crippen LogP contribution in [0, 0.1) is 11.3 Å². The van der Waals surface area contributed by atoms with Gasteiger partial charge in [0.25, 0.3) is 0 Å². The average molecular weight is 346 g/mol. The van der Waals surface area contributed by atoms with Crippen LogP contribution in [0.15, 0.2) is 59.5 Å². The Kier molecular flexibility index (Phi) is 5.70. The van der Waals surface area contributed by atoms with E-state index in [1.54, 1.807) is 30.3 Å². The summed E-state index contributed by atoms with van der Waals surface area (Å²) in [6, 6.07) is 16.2. The molecular weight excluding hydrogens is 328 g/mol.